The van der Waals surface area contributed by atoms with Crippen LogP contribution in [0.15, 0.2) is 47.9 Å². The van der Waals surface area contributed by atoms with Gasteiger partial charge < -0.3 is 15.8 Å². The number of nitrogens with two attached hydrogens (primary N) is 1. The first-order valence-electron chi connectivity index (χ1n) is 5.99. The van der Waals surface area contributed by atoms with Crippen molar-refractivity contribution in [3.63, 3.8) is 0 Å². The Bertz CT molecular complexity index is 686. The average molecular weight is 288 g/mol. The van der Waals surface area contributed by atoms with Gasteiger partial charge in [0.2, 0.25) is 0 Å². The van der Waals surface area contributed by atoms with Gasteiger partial charge in [-0.1, -0.05) is 5.16 Å². The highest BCUT2D eigenvalue weighted by Gasteiger charge is 2.14. The molecular weight excluding hydrogens is 275 g/mol. The highest BCUT2D eigenvalue weighted by Crippen LogP contribution is 2.16. The minimum atomic E-state index is -0.573. The number of pyridine rings is 1. The van der Waals surface area contributed by atoms with Gasteiger partial charge in [-0.15, -0.1) is 0 Å². The van der Waals surface area contributed by atoms with Crippen molar-refractivity contribution in [1.82, 2.24) is 4.98 Å². The van der Waals surface area contributed by atoms with Crippen LogP contribution in [-0.2, 0) is 0 Å². The third kappa shape index (κ3) is 3.14. The van der Waals surface area contributed by atoms with Crippen molar-refractivity contribution in [1.29, 1.82) is 0 Å². The first kappa shape index (κ1) is 14.4. The molecule has 0 aliphatic rings. The summed E-state index contributed by atoms with van der Waals surface area (Å²) in [5.74, 6) is -0.986. The zero-order valence-corrected chi connectivity index (χ0v) is 11.2. The zero-order chi connectivity index (χ0) is 15.4. The summed E-state index contributed by atoms with van der Waals surface area (Å²) < 4.78 is 13.1. The van der Waals surface area contributed by atoms with Crippen LogP contribution in [0.1, 0.15) is 15.9 Å². The molecule has 0 aliphatic carbocycles. The Balaban J connectivity index is 2.23. The number of halogens is 1. The van der Waals surface area contributed by atoms with Crippen LogP contribution < -0.4 is 10.6 Å². The molecule has 21 heavy (non-hydrogen) atoms. The molecule has 6 nitrogen and oxygen atoms in total. The molecule has 108 valence electrons. The van der Waals surface area contributed by atoms with E-state index in [0.29, 0.717) is 11.3 Å². The van der Waals surface area contributed by atoms with Gasteiger partial charge in [0.05, 0.1) is 11.8 Å². The van der Waals surface area contributed by atoms with Gasteiger partial charge in [0.25, 0.3) is 5.91 Å². The highest BCUT2D eigenvalue weighted by atomic mass is 19.1. The van der Waals surface area contributed by atoms with Crippen LogP contribution in [0.3, 0.4) is 0 Å². The Morgan fingerprint density at radius 3 is 2.52 bits per heavy atom. The zero-order valence-electron chi connectivity index (χ0n) is 11.2. The first-order valence-corrected chi connectivity index (χ1v) is 5.99. The van der Waals surface area contributed by atoms with Gasteiger partial charge in [0.1, 0.15) is 5.82 Å². The lowest BCUT2D eigenvalue weighted by molar-refractivity contribution is 0.0992. The number of amidine groups is 1. The second-order valence-electron chi connectivity index (χ2n) is 4.29. The fraction of sp³-hybridized carbons (Fsp3) is 0.0714. The van der Waals surface area contributed by atoms with E-state index in [4.69, 9.17) is 10.9 Å². The second-order valence-corrected chi connectivity index (χ2v) is 4.29. The number of hydrogen-bond acceptors (Lipinski definition) is 4. The highest BCUT2D eigenvalue weighted by molar-refractivity contribution is 6.06. The molecule has 2 aromatic rings. The number of oxime groups is 1. The molecule has 0 atom stereocenters. The quantitative estimate of drug-likeness (QED) is 0.388. The minimum absolute atomic E-state index is 0.0233. The molecule has 0 bridgehead atoms. The van der Waals surface area contributed by atoms with E-state index in [9.17, 15) is 9.18 Å². The lowest BCUT2D eigenvalue weighted by Crippen LogP contribution is -2.26. The second kappa shape index (κ2) is 6.00. The van der Waals surface area contributed by atoms with Crippen molar-refractivity contribution in [2.24, 2.45) is 10.9 Å². The lowest BCUT2D eigenvalue weighted by atomic mass is 10.1. The van der Waals surface area contributed by atoms with E-state index in [1.807, 2.05) is 0 Å². The molecule has 3 N–H and O–H groups in total. The van der Waals surface area contributed by atoms with Crippen molar-refractivity contribution >= 4 is 17.4 Å². The summed E-state index contributed by atoms with van der Waals surface area (Å²) in [6.45, 7) is 0. The van der Waals surface area contributed by atoms with Gasteiger partial charge in [-0.25, -0.2) is 4.39 Å². The van der Waals surface area contributed by atoms with E-state index in [1.165, 1.54) is 11.1 Å². The van der Waals surface area contributed by atoms with Crippen LogP contribution in [0.5, 0.6) is 0 Å². The fourth-order valence-corrected chi connectivity index (χ4v) is 1.75. The van der Waals surface area contributed by atoms with Gasteiger partial charge >= 0.3 is 0 Å². The number of anilines is 1. The Hall–Kier alpha value is -2.96. The molecule has 0 saturated carbocycles. The fourth-order valence-electron chi connectivity index (χ4n) is 1.75. The molecule has 0 unspecified atom stereocenters. The Morgan fingerprint density at radius 2 is 1.95 bits per heavy atom. The number of rotatable bonds is 3. The molecule has 1 heterocycles. The van der Waals surface area contributed by atoms with Crippen LogP contribution in [0.2, 0.25) is 0 Å². The molecule has 2 rings (SSSR count). The number of aromatic nitrogens is 1. The van der Waals surface area contributed by atoms with Crippen molar-refractivity contribution < 1.29 is 14.4 Å². The van der Waals surface area contributed by atoms with E-state index in [2.05, 4.69) is 10.1 Å². The van der Waals surface area contributed by atoms with Crippen molar-refractivity contribution in [2.75, 3.05) is 11.9 Å². The molecule has 0 spiro atoms. The number of benzene rings is 1. The summed E-state index contributed by atoms with van der Waals surface area (Å²) in [5.41, 5.74) is 6.71. The number of nitrogens with zero attached hydrogens (tertiary/aromatic N) is 3. The van der Waals surface area contributed by atoms with Crippen LogP contribution in [0.25, 0.3) is 0 Å². The molecular formula is C14H13FN4O2. The van der Waals surface area contributed by atoms with Crippen LogP contribution >= 0.6 is 0 Å². The molecule has 1 amide bonds. The minimum Gasteiger partial charge on any atom is -0.409 e. The van der Waals surface area contributed by atoms with E-state index >= 15 is 0 Å². The van der Waals surface area contributed by atoms with E-state index in [1.54, 1.807) is 31.3 Å². The maximum atomic E-state index is 13.1. The number of amides is 1. The maximum absolute atomic E-state index is 13.1. The van der Waals surface area contributed by atoms with Crippen molar-refractivity contribution in [3.05, 3.63) is 59.7 Å². The maximum Gasteiger partial charge on any atom is 0.259 e. The summed E-state index contributed by atoms with van der Waals surface area (Å²) in [7, 11) is 1.56. The van der Waals surface area contributed by atoms with Gasteiger partial charge in [-0.3, -0.25) is 9.78 Å². The third-order valence-corrected chi connectivity index (χ3v) is 2.91. The third-order valence-electron chi connectivity index (χ3n) is 2.91. The van der Waals surface area contributed by atoms with Gasteiger partial charge in [-0.05, 0) is 30.3 Å². The number of hydrogen-bond donors (Lipinski definition) is 2. The van der Waals surface area contributed by atoms with Crippen molar-refractivity contribution in [2.45, 2.75) is 0 Å². The van der Waals surface area contributed by atoms with Crippen LogP contribution in [0, 0.1) is 5.82 Å². The molecule has 1 aromatic carbocycles. The molecule has 0 radical (unpaired) electrons. The topological polar surface area (TPSA) is 91.8 Å². The van der Waals surface area contributed by atoms with E-state index in [0.717, 1.165) is 12.3 Å². The molecule has 7 heteroatoms. The monoisotopic (exact) mass is 288 g/mol. The van der Waals surface area contributed by atoms with Gasteiger partial charge in [-0.2, -0.15) is 0 Å². The summed E-state index contributed by atoms with van der Waals surface area (Å²) in [6.07, 6.45) is 2.33. The predicted molar refractivity (Wildman–Crippen MR) is 75.9 cm³/mol. The van der Waals surface area contributed by atoms with Gasteiger partial charge in [0, 0.05) is 24.5 Å². The molecule has 0 aliphatic heterocycles. The Kier molecular flexibility index (Phi) is 4.13. The predicted octanol–water partition coefficient (Wildman–Crippen LogP) is 1.59. The first-order chi connectivity index (χ1) is 10.0. The molecule has 1 aromatic heterocycles. The summed E-state index contributed by atoms with van der Waals surface area (Å²) in [5, 5.41) is 11.5. The normalized spacial score (nSPS) is 11.2. The summed E-state index contributed by atoms with van der Waals surface area (Å²) in [4.78, 5) is 17.2. The smallest absolute Gasteiger partial charge is 0.259 e. The average Bonchev–Trinajstić information content (AvgIpc) is 2.53. The van der Waals surface area contributed by atoms with Gasteiger partial charge in [0.15, 0.2) is 5.84 Å². The largest absolute Gasteiger partial charge is 0.409 e. The Labute approximate surface area is 120 Å². The standard InChI is InChI=1S/C14H13FN4O2/c1-19(14(20)10-6-11(15)8-17-7-10)12-4-2-9(3-5-12)13(16)18-21/h2-8,21H,1H3,(H2,16,18). The lowest BCUT2D eigenvalue weighted by Gasteiger charge is -2.17. The SMILES string of the molecule is CN(C(=O)c1cncc(F)c1)c1ccc(/C(N)=N/O)cc1. The number of carbonyl (C=O) groups is 1. The van der Waals surface area contributed by atoms with Crippen LogP contribution in [0.4, 0.5) is 10.1 Å². The molecule has 0 saturated heterocycles. The van der Waals surface area contributed by atoms with Crippen molar-refractivity contribution in [3.8, 4) is 0 Å². The van der Waals surface area contributed by atoms with E-state index < -0.39 is 11.7 Å². The summed E-state index contributed by atoms with van der Waals surface area (Å²) in [6, 6.07) is 7.61. The summed E-state index contributed by atoms with van der Waals surface area (Å²) >= 11 is 0. The Morgan fingerprint density at radius 1 is 1.29 bits per heavy atom. The number of carbonyl (C=O) groups excluding carboxylic acids is 1. The molecule has 0 fully saturated rings. The van der Waals surface area contributed by atoms with Crippen LogP contribution in [-0.4, -0.2) is 29.0 Å². The van der Waals surface area contributed by atoms with E-state index in [-0.39, 0.29) is 11.4 Å².